The molecule has 0 N–H and O–H groups in total. The van der Waals surface area contributed by atoms with Gasteiger partial charge in [-0.05, 0) is 41.5 Å². The molecule has 1 aliphatic rings. The van der Waals surface area contributed by atoms with Gasteiger partial charge in [0.15, 0.2) is 5.78 Å². The fourth-order valence-corrected chi connectivity index (χ4v) is 1.83. The Hall–Kier alpha value is -1.59. The summed E-state index contributed by atoms with van der Waals surface area (Å²) in [5, 5.41) is 0. The summed E-state index contributed by atoms with van der Waals surface area (Å²) in [6.45, 7) is 10.6. The molecule has 1 unspecified atom stereocenters. The maximum absolute atomic E-state index is 12.1. The molecule has 6 nitrogen and oxygen atoms in total. The number of ketones is 1. The van der Waals surface area contributed by atoms with Crippen LogP contribution in [0.15, 0.2) is 0 Å². The molecular weight excluding hydrogens is 274 g/mol. The first-order chi connectivity index (χ1) is 9.40. The van der Waals surface area contributed by atoms with Gasteiger partial charge in [0.25, 0.3) is 0 Å². The van der Waals surface area contributed by atoms with Crippen LogP contribution in [-0.4, -0.2) is 47.5 Å². The van der Waals surface area contributed by atoms with Gasteiger partial charge in [0.1, 0.15) is 12.2 Å². The third kappa shape index (κ3) is 5.36. The van der Waals surface area contributed by atoms with Crippen molar-refractivity contribution in [3.05, 3.63) is 0 Å². The van der Waals surface area contributed by atoms with Gasteiger partial charge in [-0.25, -0.2) is 4.79 Å². The Morgan fingerprint density at radius 3 is 2.24 bits per heavy atom. The van der Waals surface area contributed by atoms with Crippen LogP contribution in [0.1, 0.15) is 48.0 Å². The van der Waals surface area contributed by atoms with Crippen LogP contribution in [0.2, 0.25) is 0 Å². The molecule has 6 heteroatoms. The first-order valence-corrected chi connectivity index (χ1v) is 7.09. The maximum Gasteiger partial charge on any atom is 0.411 e. The summed E-state index contributed by atoms with van der Waals surface area (Å²) in [5.74, 6) is -0.413. The van der Waals surface area contributed by atoms with E-state index in [-0.39, 0.29) is 31.3 Å². The van der Waals surface area contributed by atoms with E-state index in [1.54, 1.807) is 41.5 Å². The summed E-state index contributed by atoms with van der Waals surface area (Å²) in [6, 6.07) is -0.446. The average molecular weight is 299 g/mol. The molecule has 1 amide bonds. The molecule has 1 rings (SSSR count). The molecule has 0 aromatic carbocycles. The van der Waals surface area contributed by atoms with E-state index in [0.29, 0.717) is 0 Å². The molecule has 120 valence electrons. The van der Waals surface area contributed by atoms with E-state index >= 15 is 0 Å². The number of nitrogens with zero attached hydrogens (tertiary/aromatic N) is 1. The van der Waals surface area contributed by atoms with Gasteiger partial charge in [0.2, 0.25) is 0 Å². The van der Waals surface area contributed by atoms with Crippen molar-refractivity contribution in [3.63, 3.8) is 0 Å². The predicted octanol–water partition coefficient (Wildman–Crippen LogP) is 2.15. The van der Waals surface area contributed by atoms with E-state index < -0.39 is 23.2 Å². The Kier molecular flexibility index (Phi) is 5.02. The third-order valence-corrected chi connectivity index (χ3v) is 2.90. The molecular formula is C15H25NO5. The highest BCUT2D eigenvalue weighted by Crippen LogP contribution is 2.21. The van der Waals surface area contributed by atoms with Gasteiger partial charge >= 0.3 is 12.1 Å². The van der Waals surface area contributed by atoms with Gasteiger partial charge in [-0.2, -0.15) is 0 Å². The number of rotatable bonds is 2. The smallest absolute Gasteiger partial charge is 0.411 e. The Bertz CT molecular complexity index is 430. The molecule has 21 heavy (non-hydrogen) atoms. The Morgan fingerprint density at radius 2 is 1.76 bits per heavy atom. The molecule has 0 saturated carbocycles. The van der Waals surface area contributed by atoms with Crippen molar-refractivity contribution in [1.29, 1.82) is 0 Å². The number of carbonyl (C=O) groups excluding carboxylic acids is 3. The number of hydrogen-bond donors (Lipinski definition) is 0. The van der Waals surface area contributed by atoms with E-state index in [2.05, 4.69) is 0 Å². The van der Waals surface area contributed by atoms with Gasteiger partial charge in [-0.3, -0.25) is 14.5 Å². The summed E-state index contributed by atoms with van der Waals surface area (Å²) in [5.41, 5.74) is -1.24. The minimum absolute atomic E-state index is 0.00660. The minimum Gasteiger partial charge on any atom is -0.463 e. The molecule has 1 aliphatic heterocycles. The number of esters is 1. The number of carbonyl (C=O) groups is 3. The van der Waals surface area contributed by atoms with Gasteiger partial charge in [0, 0.05) is 6.42 Å². The number of hydrogen-bond acceptors (Lipinski definition) is 5. The van der Waals surface area contributed by atoms with Crippen molar-refractivity contribution in [3.8, 4) is 0 Å². The monoisotopic (exact) mass is 299 g/mol. The first kappa shape index (κ1) is 17.5. The molecule has 1 heterocycles. The van der Waals surface area contributed by atoms with Gasteiger partial charge in [0.05, 0.1) is 18.0 Å². The molecule has 1 saturated heterocycles. The minimum atomic E-state index is -0.630. The largest absolute Gasteiger partial charge is 0.463 e. The Morgan fingerprint density at radius 1 is 1.19 bits per heavy atom. The number of Topliss-reactive ketones (excluding diaryl/α,β-unsaturated/α-hetero) is 1. The molecule has 0 spiro atoms. The normalized spacial score (nSPS) is 19.6. The van der Waals surface area contributed by atoms with Crippen LogP contribution >= 0.6 is 0 Å². The standard InChI is InChI=1S/C15H25NO5/c1-14(2,3)12(18)20-9-10-7-11(17)8-16(10)13(19)21-15(4,5)6/h10H,7-9H2,1-6H3. The van der Waals surface area contributed by atoms with Crippen LogP contribution in [-0.2, 0) is 19.1 Å². The Balaban J connectivity index is 2.65. The number of ether oxygens (including phenoxy) is 2. The van der Waals surface area contributed by atoms with E-state index in [1.807, 2.05) is 0 Å². The summed E-state index contributed by atoms with van der Waals surface area (Å²) in [4.78, 5) is 36.8. The quantitative estimate of drug-likeness (QED) is 0.731. The summed E-state index contributed by atoms with van der Waals surface area (Å²) in [6.07, 6.45) is -0.360. The van der Waals surface area contributed by atoms with Crippen molar-refractivity contribution in [1.82, 2.24) is 4.90 Å². The van der Waals surface area contributed by atoms with Crippen LogP contribution in [0.4, 0.5) is 4.79 Å². The van der Waals surface area contributed by atoms with Gasteiger partial charge < -0.3 is 9.47 Å². The van der Waals surface area contributed by atoms with E-state index in [9.17, 15) is 14.4 Å². The van der Waals surface area contributed by atoms with Crippen LogP contribution in [0.3, 0.4) is 0 Å². The van der Waals surface area contributed by atoms with E-state index in [1.165, 1.54) is 4.90 Å². The fourth-order valence-electron chi connectivity index (χ4n) is 1.83. The topological polar surface area (TPSA) is 72.9 Å². The maximum atomic E-state index is 12.1. The van der Waals surface area contributed by atoms with Crippen molar-refractivity contribution < 1.29 is 23.9 Å². The zero-order valence-electron chi connectivity index (χ0n) is 13.7. The van der Waals surface area contributed by atoms with Crippen molar-refractivity contribution in [2.24, 2.45) is 5.41 Å². The molecule has 0 bridgehead atoms. The molecule has 1 fully saturated rings. The van der Waals surface area contributed by atoms with Gasteiger partial charge in [-0.15, -0.1) is 0 Å². The summed E-state index contributed by atoms with van der Waals surface area (Å²) < 4.78 is 10.5. The lowest BCUT2D eigenvalue weighted by atomic mass is 9.97. The molecule has 0 aliphatic carbocycles. The van der Waals surface area contributed by atoms with Crippen molar-refractivity contribution >= 4 is 17.8 Å². The summed E-state index contributed by atoms with van der Waals surface area (Å²) in [7, 11) is 0. The van der Waals surface area contributed by atoms with E-state index in [4.69, 9.17) is 9.47 Å². The van der Waals surface area contributed by atoms with Crippen LogP contribution in [0, 0.1) is 5.41 Å². The molecule has 0 aromatic heterocycles. The van der Waals surface area contributed by atoms with Crippen molar-refractivity contribution in [2.75, 3.05) is 13.2 Å². The van der Waals surface area contributed by atoms with Gasteiger partial charge in [-0.1, -0.05) is 0 Å². The first-order valence-electron chi connectivity index (χ1n) is 7.09. The van der Waals surface area contributed by atoms with Crippen LogP contribution in [0.5, 0.6) is 0 Å². The second-order valence-corrected chi connectivity index (χ2v) is 7.35. The molecule has 1 atom stereocenters. The highest BCUT2D eigenvalue weighted by atomic mass is 16.6. The zero-order valence-corrected chi connectivity index (χ0v) is 13.7. The highest BCUT2D eigenvalue weighted by molar-refractivity contribution is 5.88. The van der Waals surface area contributed by atoms with Crippen molar-refractivity contribution in [2.45, 2.75) is 59.6 Å². The number of likely N-dealkylation sites (tertiary alicyclic amines) is 1. The zero-order chi connectivity index (χ0) is 16.4. The van der Waals surface area contributed by atoms with Crippen LogP contribution < -0.4 is 0 Å². The fraction of sp³-hybridized carbons (Fsp3) is 0.800. The van der Waals surface area contributed by atoms with Crippen LogP contribution in [0.25, 0.3) is 0 Å². The average Bonchev–Trinajstić information content (AvgIpc) is 2.63. The SMILES string of the molecule is CC(C)(C)OC(=O)N1CC(=O)CC1COC(=O)C(C)(C)C. The molecule has 0 aromatic rings. The number of amides is 1. The molecule has 0 radical (unpaired) electrons. The second-order valence-electron chi connectivity index (χ2n) is 7.35. The lowest BCUT2D eigenvalue weighted by Crippen LogP contribution is -2.42. The lowest BCUT2D eigenvalue weighted by Gasteiger charge is -2.28. The second kappa shape index (κ2) is 6.03. The predicted molar refractivity (Wildman–Crippen MR) is 76.8 cm³/mol. The van der Waals surface area contributed by atoms with E-state index in [0.717, 1.165) is 0 Å². The lowest BCUT2D eigenvalue weighted by molar-refractivity contribution is -0.154. The highest BCUT2D eigenvalue weighted by Gasteiger charge is 2.38. The Labute approximate surface area is 125 Å². The third-order valence-electron chi connectivity index (χ3n) is 2.90. The summed E-state index contributed by atoms with van der Waals surface area (Å²) >= 11 is 0.